The highest BCUT2D eigenvalue weighted by molar-refractivity contribution is 5.95. The van der Waals surface area contributed by atoms with Crippen molar-refractivity contribution in [3.05, 3.63) is 89.7 Å². The van der Waals surface area contributed by atoms with Crippen molar-refractivity contribution in [3.63, 3.8) is 0 Å². The average molecular weight is 461 g/mol. The number of nitrogens with zero attached hydrogens (tertiary/aromatic N) is 1. The SMILES string of the molecule is COCCNc1cc(NCc2ccc(F)cc2OC)nc2ccc(NCc3ccccc3)cc12. The van der Waals surface area contributed by atoms with Crippen molar-refractivity contribution in [2.45, 2.75) is 13.1 Å². The molecule has 1 aromatic heterocycles. The summed E-state index contributed by atoms with van der Waals surface area (Å²) in [6.45, 7) is 2.45. The number of benzene rings is 3. The van der Waals surface area contributed by atoms with Gasteiger partial charge in [-0.05, 0) is 29.8 Å². The molecule has 1 heterocycles. The number of nitrogens with one attached hydrogen (secondary N) is 3. The third-order valence-corrected chi connectivity index (χ3v) is 5.48. The van der Waals surface area contributed by atoms with E-state index in [1.54, 1.807) is 13.2 Å². The summed E-state index contributed by atoms with van der Waals surface area (Å²) in [5.74, 6) is 0.885. The van der Waals surface area contributed by atoms with Gasteiger partial charge < -0.3 is 25.4 Å². The fourth-order valence-electron chi connectivity index (χ4n) is 3.71. The number of aromatic nitrogens is 1. The molecule has 0 saturated heterocycles. The first kappa shape index (κ1) is 23.3. The maximum Gasteiger partial charge on any atom is 0.128 e. The van der Waals surface area contributed by atoms with Gasteiger partial charge in [-0.3, -0.25) is 0 Å². The van der Waals surface area contributed by atoms with Crippen LogP contribution in [0.4, 0.5) is 21.6 Å². The monoisotopic (exact) mass is 460 g/mol. The maximum atomic E-state index is 13.5. The van der Waals surface area contributed by atoms with Crippen LogP contribution in [0.3, 0.4) is 0 Å². The van der Waals surface area contributed by atoms with Crippen LogP contribution >= 0.6 is 0 Å². The Morgan fingerprint density at radius 1 is 0.853 bits per heavy atom. The van der Waals surface area contributed by atoms with Gasteiger partial charge in [0, 0.05) is 61.2 Å². The fourth-order valence-corrected chi connectivity index (χ4v) is 3.71. The molecule has 3 aromatic carbocycles. The first-order chi connectivity index (χ1) is 16.7. The molecule has 0 radical (unpaired) electrons. The molecule has 34 heavy (non-hydrogen) atoms. The van der Waals surface area contributed by atoms with Crippen LogP contribution < -0.4 is 20.7 Å². The van der Waals surface area contributed by atoms with Crippen molar-refractivity contribution >= 4 is 28.1 Å². The van der Waals surface area contributed by atoms with Crippen LogP contribution in [0.25, 0.3) is 10.9 Å². The molecule has 4 rings (SSSR count). The molecule has 0 unspecified atom stereocenters. The number of methoxy groups -OCH3 is 2. The Hall–Kier alpha value is -3.84. The molecule has 0 bridgehead atoms. The first-order valence-electron chi connectivity index (χ1n) is 11.2. The van der Waals surface area contributed by atoms with E-state index in [2.05, 4.69) is 34.1 Å². The van der Waals surface area contributed by atoms with Gasteiger partial charge in [0.1, 0.15) is 17.4 Å². The van der Waals surface area contributed by atoms with Crippen LogP contribution in [-0.4, -0.2) is 32.4 Å². The Balaban J connectivity index is 1.57. The second-order valence-corrected chi connectivity index (χ2v) is 7.86. The number of hydrogen-bond acceptors (Lipinski definition) is 6. The number of hydrogen-bond donors (Lipinski definition) is 3. The largest absolute Gasteiger partial charge is 0.496 e. The summed E-state index contributed by atoms with van der Waals surface area (Å²) in [5.41, 5.74) is 4.90. The molecular formula is C27H29FN4O2. The quantitative estimate of drug-likeness (QED) is 0.251. The molecule has 0 amide bonds. The highest BCUT2D eigenvalue weighted by Crippen LogP contribution is 2.29. The normalized spacial score (nSPS) is 10.8. The summed E-state index contributed by atoms with van der Waals surface area (Å²) < 4.78 is 24.0. The Kier molecular flexibility index (Phi) is 7.78. The molecule has 4 aromatic rings. The van der Waals surface area contributed by atoms with Crippen molar-refractivity contribution in [1.29, 1.82) is 0 Å². The van der Waals surface area contributed by atoms with Crippen LogP contribution in [0, 0.1) is 5.82 Å². The van der Waals surface area contributed by atoms with Gasteiger partial charge in [-0.15, -0.1) is 0 Å². The summed E-state index contributed by atoms with van der Waals surface area (Å²) in [6.07, 6.45) is 0. The molecule has 0 aliphatic rings. The number of fused-ring (bicyclic) bond motifs is 1. The van der Waals surface area contributed by atoms with E-state index in [1.165, 1.54) is 24.8 Å². The Morgan fingerprint density at radius 2 is 1.71 bits per heavy atom. The van der Waals surface area contributed by atoms with Gasteiger partial charge in [0.05, 0.1) is 19.2 Å². The van der Waals surface area contributed by atoms with Crippen molar-refractivity contribution in [1.82, 2.24) is 4.98 Å². The third-order valence-electron chi connectivity index (χ3n) is 5.48. The minimum absolute atomic E-state index is 0.328. The zero-order chi connectivity index (χ0) is 23.8. The van der Waals surface area contributed by atoms with Gasteiger partial charge >= 0.3 is 0 Å². The predicted molar refractivity (Wildman–Crippen MR) is 136 cm³/mol. The van der Waals surface area contributed by atoms with Crippen LogP contribution in [0.5, 0.6) is 5.75 Å². The molecule has 3 N–H and O–H groups in total. The van der Waals surface area contributed by atoms with E-state index < -0.39 is 0 Å². The molecule has 7 heteroatoms. The zero-order valence-corrected chi connectivity index (χ0v) is 19.4. The fraction of sp³-hybridized carbons (Fsp3) is 0.222. The van der Waals surface area contributed by atoms with Gasteiger partial charge in [0.2, 0.25) is 0 Å². The van der Waals surface area contributed by atoms with Crippen LogP contribution in [0.15, 0.2) is 72.8 Å². The minimum Gasteiger partial charge on any atom is -0.496 e. The topological polar surface area (TPSA) is 67.4 Å². The van der Waals surface area contributed by atoms with E-state index in [4.69, 9.17) is 14.5 Å². The number of halogens is 1. The average Bonchev–Trinajstić information content (AvgIpc) is 2.87. The number of anilines is 3. The van der Waals surface area contributed by atoms with Crippen molar-refractivity contribution in [2.24, 2.45) is 0 Å². The molecular weight excluding hydrogens is 431 g/mol. The molecule has 0 atom stereocenters. The van der Waals surface area contributed by atoms with Crippen molar-refractivity contribution in [2.75, 3.05) is 43.3 Å². The summed E-state index contributed by atoms with van der Waals surface area (Å²) in [6, 6.07) is 22.9. The van der Waals surface area contributed by atoms with Gasteiger partial charge in [0.25, 0.3) is 0 Å². The second kappa shape index (κ2) is 11.3. The molecule has 0 aliphatic heterocycles. The lowest BCUT2D eigenvalue weighted by Gasteiger charge is -2.15. The standard InChI is InChI=1S/C27H29FN4O2/c1-33-13-12-29-25-16-27(31-18-20-8-9-21(28)14-26(20)34-2)32-24-11-10-22(15-23(24)25)30-17-19-6-4-3-5-7-19/h3-11,14-16,30H,12-13,17-18H2,1-2H3,(H2,29,31,32). The Morgan fingerprint density at radius 3 is 2.50 bits per heavy atom. The number of ether oxygens (including phenoxy) is 2. The van der Waals surface area contributed by atoms with Crippen LogP contribution in [0.2, 0.25) is 0 Å². The van der Waals surface area contributed by atoms with Crippen LogP contribution in [-0.2, 0) is 17.8 Å². The summed E-state index contributed by atoms with van der Waals surface area (Å²) >= 11 is 0. The van der Waals surface area contributed by atoms with E-state index in [1.807, 2.05) is 36.4 Å². The molecule has 0 aliphatic carbocycles. The first-order valence-corrected chi connectivity index (χ1v) is 11.2. The Bertz CT molecular complexity index is 1230. The highest BCUT2D eigenvalue weighted by atomic mass is 19.1. The van der Waals surface area contributed by atoms with Gasteiger partial charge in [-0.2, -0.15) is 0 Å². The van der Waals surface area contributed by atoms with E-state index >= 15 is 0 Å². The number of pyridine rings is 1. The van der Waals surface area contributed by atoms with Crippen LogP contribution in [0.1, 0.15) is 11.1 Å². The van der Waals surface area contributed by atoms with E-state index in [0.29, 0.717) is 31.3 Å². The third kappa shape index (κ3) is 5.94. The van der Waals surface area contributed by atoms with E-state index in [-0.39, 0.29) is 5.82 Å². The molecule has 0 fully saturated rings. The zero-order valence-electron chi connectivity index (χ0n) is 19.4. The maximum absolute atomic E-state index is 13.5. The lowest BCUT2D eigenvalue weighted by Crippen LogP contribution is -2.10. The lowest BCUT2D eigenvalue weighted by atomic mass is 10.1. The lowest BCUT2D eigenvalue weighted by molar-refractivity contribution is 0.211. The van der Waals surface area contributed by atoms with Crippen molar-refractivity contribution in [3.8, 4) is 5.75 Å². The summed E-state index contributed by atoms with van der Waals surface area (Å²) in [5, 5.41) is 11.3. The molecule has 6 nitrogen and oxygen atoms in total. The van der Waals surface area contributed by atoms with Gasteiger partial charge in [-0.25, -0.2) is 9.37 Å². The molecule has 0 saturated carbocycles. The van der Waals surface area contributed by atoms with Gasteiger partial charge in [-0.1, -0.05) is 36.4 Å². The highest BCUT2D eigenvalue weighted by Gasteiger charge is 2.09. The Labute approximate surface area is 199 Å². The van der Waals surface area contributed by atoms with E-state index in [9.17, 15) is 4.39 Å². The summed E-state index contributed by atoms with van der Waals surface area (Å²) in [4.78, 5) is 4.79. The molecule has 0 spiro atoms. The number of rotatable bonds is 11. The molecule has 176 valence electrons. The van der Waals surface area contributed by atoms with Crippen molar-refractivity contribution < 1.29 is 13.9 Å². The second-order valence-electron chi connectivity index (χ2n) is 7.86. The van der Waals surface area contributed by atoms with E-state index in [0.717, 1.165) is 34.4 Å². The summed E-state index contributed by atoms with van der Waals surface area (Å²) in [7, 11) is 3.22. The smallest absolute Gasteiger partial charge is 0.128 e. The predicted octanol–water partition coefficient (Wildman–Crippen LogP) is 5.67. The minimum atomic E-state index is -0.328. The van der Waals surface area contributed by atoms with Gasteiger partial charge in [0.15, 0.2) is 0 Å².